The van der Waals surface area contributed by atoms with E-state index in [0.29, 0.717) is 17.4 Å². The summed E-state index contributed by atoms with van der Waals surface area (Å²) < 4.78 is 10.5. The van der Waals surface area contributed by atoms with E-state index in [0.717, 1.165) is 12.2 Å². The van der Waals surface area contributed by atoms with E-state index in [1.165, 1.54) is 0 Å². The van der Waals surface area contributed by atoms with Crippen LogP contribution in [-0.4, -0.2) is 26.4 Å². The highest BCUT2D eigenvalue weighted by atomic mass is 35.5. The average molecular weight is 244 g/mol. The van der Waals surface area contributed by atoms with Crippen LogP contribution in [0.15, 0.2) is 18.2 Å². The van der Waals surface area contributed by atoms with Crippen LogP contribution in [0.25, 0.3) is 0 Å². The Morgan fingerprint density at radius 2 is 2.12 bits per heavy atom. The van der Waals surface area contributed by atoms with Crippen molar-refractivity contribution in [3.63, 3.8) is 0 Å². The first-order chi connectivity index (χ1) is 7.63. The van der Waals surface area contributed by atoms with Crippen LogP contribution in [-0.2, 0) is 4.74 Å². The van der Waals surface area contributed by atoms with E-state index >= 15 is 0 Å². The van der Waals surface area contributed by atoms with Gasteiger partial charge in [0, 0.05) is 12.2 Å². The van der Waals surface area contributed by atoms with Crippen molar-refractivity contribution in [1.29, 1.82) is 0 Å². The van der Waals surface area contributed by atoms with Gasteiger partial charge in [0.05, 0.1) is 24.8 Å². The van der Waals surface area contributed by atoms with Gasteiger partial charge < -0.3 is 14.8 Å². The zero-order valence-corrected chi connectivity index (χ0v) is 10.7. The molecule has 0 aliphatic heterocycles. The molecule has 3 nitrogen and oxygen atoms in total. The van der Waals surface area contributed by atoms with E-state index in [2.05, 4.69) is 5.32 Å². The topological polar surface area (TPSA) is 30.5 Å². The van der Waals surface area contributed by atoms with Crippen LogP contribution >= 0.6 is 11.6 Å². The molecule has 0 amide bonds. The van der Waals surface area contributed by atoms with Gasteiger partial charge in [-0.05, 0) is 32.0 Å². The number of anilines is 1. The molecule has 0 radical (unpaired) electrons. The minimum absolute atomic E-state index is 0.265. The Morgan fingerprint density at radius 1 is 1.38 bits per heavy atom. The molecule has 0 heterocycles. The summed E-state index contributed by atoms with van der Waals surface area (Å²) in [4.78, 5) is 0. The van der Waals surface area contributed by atoms with Crippen molar-refractivity contribution in [1.82, 2.24) is 0 Å². The summed E-state index contributed by atoms with van der Waals surface area (Å²) in [6.45, 7) is 5.48. The summed E-state index contributed by atoms with van der Waals surface area (Å²) in [5, 5.41) is 3.84. The highest BCUT2D eigenvalue weighted by Gasteiger charge is 2.01. The zero-order valence-electron chi connectivity index (χ0n) is 9.92. The Hall–Kier alpha value is -0.930. The van der Waals surface area contributed by atoms with Crippen molar-refractivity contribution >= 4 is 17.3 Å². The van der Waals surface area contributed by atoms with Gasteiger partial charge in [0.2, 0.25) is 0 Å². The lowest BCUT2D eigenvalue weighted by Crippen LogP contribution is -2.13. The molecule has 0 atom stereocenters. The lowest BCUT2D eigenvalue weighted by molar-refractivity contribution is 0.0870. The second kappa shape index (κ2) is 6.61. The summed E-state index contributed by atoms with van der Waals surface area (Å²) >= 11 is 6.00. The van der Waals surface area contributed by atoms with Gasteiger partial charge in [0.25, 0.3) is 0 Å². The second-order valence-electron chi connectivity index (χ2n) is 3.70. The molecular weight excluding hydrogens is 226 g/mol. The number of hydrogen-bond donors (Lipinski definition) is 1. The van der Waals surface area contributed by atoms with Crippen molar-refractivity contribution in [2.24, 2.45) is 0 Å². The van der Waals surface area contributed by atoms with Crippen LogP contribution in [0.4, 0.5) is 5.69 Å². The quantitative estimate of drug-likeness (QED) is 0.779. The SMILES string of the molecule is COc1ccc(NCCOC(C)C)cc1Cl. The first-order valence-electron chi connectivity index (χ1n) is 5.32. The number of benzene rings is 1. The Kier molecular flexibility index (Phi) is 5.43. The molecule has 90 valence electrons. The van der Waals surface area contributed by atoms with E-state index in [1.807, 2.05) is 32.0 Å². The lowest BCUT2D eigenvalue weighted by Gasteiger charge is -2.10. The summed E-state index contributed by atoms with van der Waals surface area (Å²) in [7, 11) is 1.60. The van der Waals surface area contributed by atoms with E-state index in [9.17, 15) is 0 Å². The van der Waals surface area contributed by atoms with Crippen LogP contribution in [0.5, 0.6) is 5.75 Å². The largest absolute Gasteiger partial charge is 0.495 e. The molecule has 1 N–H and O–H groups in total. The minimum Gasteiger partial charge on any atom is -0.495 e. The Labute approximate surface area is 102 Å². The van der Waals surface area contributed by atoms with Crippen LogP contribution < -0.4 is 10.1 Å². The maximum atomic E-state index is 6.00. The smallest absolute Gasteiger partial charge is 0.137 e. The van der Waals surface area contributed by atoms with Crippen molar-refractivity contribution in [2.45, 2.75) is 20.0 Å². The fourth-order valence-corrected chi connectivity index (χ4v) is 1.52. The first-order valence-corrected chi connectivity index (χ1v) is 5.70. The third kappa shape index (κ3) is 4.29. The molecule has 4 heteroatoms. The Bertz CT molecular complexity index is 329. The number of halogens is 1. The maximum Gasteiger partial charge on any atom is 0.137 e. The fraction of sp³-hybridized carbons (Fsp3) is 0.500. The molecule has 1 aromatic rings. The third-order valence-corrected chi connectivity index (χ3v) is 2.33. The van der Waals surface area contributed by atoms with Crippen molar-refractivity contribution in [2.75, 3.05) is 25.6 Å². The standard InChI is InChI=1S/C12H18ClNO2/c1-9(2)16-7-6-14-10-4-5-12(15-3)11(13)8-10/h4-5,8-9,14H,6-7H2,1-3H3. The molecule has 0 aromatic heterocycles. The molecule has 16 heavy (non-hydrogen) atoms. The summed E-state index contributed by atoms with van der Waals surface area (Å²) in [6.07, 6.45) is 0.265. The molecule has 0 bridgehead atoms. The molecule has 1 aromatic carbocycles. The van der Waals surface area contributed by atoms with E-state index in [1.54, 1.807) is 7.11 Å². The third-order valence-electron chi connectivity index (χ3n) is 2.03. The van der Waals surface area contributed by atoms with Gasteiger partial charge in [-0.2, -0.15) is 0 Å². The summed E-state index contributed by atoms with van der Waals surface area (Å²) in [6, 6.07) is 5.61. The molecular formula is C12H18ClNO2. The van der Waals surface area contributed by atoms with Gasteiger partial charge in [-0.1, -0.05) is 11.6 Å². The fourth-order valence-electron chi connectivity index (χ4n) is 1.27. The van der Waals surface area contributed by atoms with Crippen molar-refractivity contribution in [3.05, 3.63) is 23.2 Å². The van der Waals surface area contributed by atoms with Crippen LogP contribution in [0.1, 0.15) is 13.8 Å². The van der Waals surface area contributed by atoms with Gasteiger partial charge >= 0.3 is 0 Å². The number of hydrogen-bond acceptors (Lipinski definition) is 3. The maximum absolute atomic E-state index is 6.00. The van der Waals surface area contributed by atoms with Crippen molar-refractivity contribution in [3.8, 4) is 5.75 Å². The normalized spacial score (nSPS) is 10.6. The summed E-state index contributed by atoms with van der Waals surface area (Å²) in [5.74, 6) is 0.686. The van der Waals surface area contributed by atoms with Crippen molar-refractivity contribution < 1.29 is 9.47 Å². The van der Waals surface area contributed by atoms with E-state index in [-0.39, 0.29) is 6.10 Å². The Balaban J connectivity index is 2.40. The van der Waals surface area contributed by atoms with Gasteiger partial charge in [-0.25, -0.2) is 0 Å². The monoisotopic (exact) mass is 243 g/mol. The average Bonchev–Trinajstić information content (AvgIpc) is 2.24. The predicted molar refractivity (Wildman–Crippen MR) is 67.6 cm³/mol. The molecule has 0 aliphatic rings. The number of methoxy groups -OCH3 is 1. The van der Waals surface area contributed by atoms with Gasteiger partial charge in [0.15, 0.2) is 0 Å². The second-order valence-corrected chi connectivity index (χ2v) is 4.10. The lowest BCUT2D eigenvalue weighted by atomic mass is 10.3. The molecule has 0 saturated heterocycles. The molecule has 1 rings (SSSR count). The molecule has 0 fully saturated rings. The molecule has 0 saturated carbocycles. The highest BCUT2D eigenvalue weighted by molar-refractivity contribution is 6.32. The van der Waals surface area contributed by atoms with Crippen LogP contribution in [0, 0.1) is 0 Å². The van der Waals surface area contributed by atoms with Gasteiger partial charge in [-0.15, -0.1) is 0 Å². The van der Waals surface area contributed by atoms with E-state index < -0.39 is 0 Å². The summed E-state index contributed by atoms with van der Waals surface area (Å²) in [5.41, 5.74) is 0.971. The Morgan fingerprint density at radius 3 is 2.69 bits per heavy atom. The van der Waals surface area contributed by atoms with E-state index in [4.69, 9.17) is 21.1 Å². The predicted octanol–water partition coefficient (Wildman–Crippen LogP) is 3.19. The van der Waals surface area contributed by atoms with Crippen LogP contribution in [0.2, 0.25) is 5.02 Å². The molecule has 0 spiro atoms. The number of rotatable bonds is 6. The minimum atomic E-state index is 0.265. The number of ether oxygens (including phenoxy) is 2. The highest BCUT2D eigenvalue weighted by Crippen LogP contribution is 2.26. The first kappa shape index (κ1) is 13.1. The zero-order chi connectivity index (χ0) is 12.0. The number of nitrogens with one attached hydrogen (secondary N) is 1. The van der Waals surface area contributed by atoms with Gasteiger partial charge in [-0.3, -0.25) is 0 Å². The molecule has 0 aliphatic carbocycles. The van der Waals surface area contributed by atoms with Crippen LogP contribution in [0.3, 0.4) is 0 Å². The van der Waals surface area contributed by atoms with Gasteiger partial charge in [0.1, 0.15) is 5.75 Å². The molecule has 0 unspecified atom stereocenters.